The van der Waals surface area contributed by atoms with E-state index in [9.17, 15) is 22.8 Å². The summed E-state index contributed by atoms with van der Waals surface area (Å²) in [4.78, 5) is 22.1. The highest BCUT2D eigenvalue weighted by Crippen LogP contribution is 2.34. The van der Waals surface area contributed by atoms with Crippen LogP contribution in [-0.4, -0.2) is 16.8 Å². The number of hydrogen-bond acceptors (Lipinski definition) is 4. The number of carboxylic acid groups (broad SMARTS) is 1. The third-order valence-corrected chi connectivity index (χ3v) is 4.43. The molecule has 0 aliphatic rings. The predicted molar refractivity (Wildman–Crippen MR) is 71.3 cm³/mol. The average molecular weight is 320 g/mol. The summed E-state index contributed by atoms with van der Waals surface area (Å²) in [5, 5.41) is 8.85. The van der Waals surface area contributed by atoms with Gasteiger partial charge in [-0.2, -0.15) is 0 Å². The quantitative estimate of drug-likeness (QED) is 0.695. The smallest absolute Gasteiger partial charge is 0.340 e. The molecule has 0 unspecified atom stereocenters. The van der Waals surface area contributed by atoms with Gasteiger partial charge in [0.05, 0.1) is 15.0 Å². The normalized spacial score (nSPS) is 11.0. The van der Waals surface area contributed by atoms with Crippen LogP contribution < -0.4 is 5.43 Å². The lowest BCUT2D eigenvalue weighted by atomic mass is 10.2. The third kappa shape index (κ3) is 2.18. The first-order chi connectivity index (χ1) is 9.40. The highest BCUT2D eigenvalue weighted by molar-refractivity contribution is 7.99. The van der Waals surface area contributed by atoms with Gasteiger partial charge < -0.3 is 5.11 Å². The highest BCUT2D eigenvalue weighted by Gasteiger charge is 2.24. The summed E-state index contributed by atoms with van der Waals surface area (Å²) in [6.45, 7) is 1.64. The van der Waals surface area contributed by atoms with Crippen LogP contribution in [0.4, 0.5) is 13.2 Å². The Morgan fingerprint density at radius 2 is 1.95 bits per heavy atom. The van der Waals surface area contributed by atoms with Crippen LogP contribution in [0.2, 0.25) is 0 Å². The maximum atomic E-state index is 14.1. The molecule has 0 fully saturated rings. The van der Waals surface area contributed by atoms with E-state index in [-0.39, 0.29) is 4.70 Å². The van der Waals surface area contributed by atoms with Crippen LogP contribution in [0.3, 0.4) is 0 Å². The number of fused-ring (bicyclic) bond motifs is 1. The second-order valence-electron chi connectivity index (χ2n) is 3.69. The van der Waals surface area contributed by atoms with Gasteiger partial charge in [-0.1, -0.05) is 6.92 Å². The zero-order valence-corrected chi connectivity index (χ0v) is 11.6. The standard InChI is InChI=1S/C12H7F3O3S2/c1-2-19-11-7(14)6(13)5-9(16)4(12(17)18)3-20-10(5)8(11)15/h3H,2H2,1H3,(H,17,18). The Kier molecular flexibility index (Phi) is 4.05. The van der Waals surface area contributed by atoms with Gasteiger partial charge in [-0.15, -0.1) is 23.1 Å². The lowest BCUT2D eigenvalue weighted by Gasteiger charge is -2.08. The lowest BCUT2D eigenvalue weighted by molar-refractivity contribution is 0.0696. The topological polar surface area (TPSA) is 54.4 Å². The molecule has 106 valence electrons. The van der Waals surface area contributed by atoms with E-state index in [0.29, 0.717) is 17.1 Å². The molecule has 0 saturated heterocycles. The molecule has 3 nitrogen and oxygen atoms in total. The zero-order chi connectivity index (χ0) is 15.0. The molecule has 1 N–H and O–H groups in total. The largest absolute Gasteiger partial charge is 0.478 e. The minimum atomic E-state index is -1.57. The first kappa shape index (κ1) is 14.9. The van der Waals surface area contributed by atoms with E-state index in [1.54, 1.807) is 6.92 Å². The molecule has 1 heterocycles. The van der Waals surface area contributed by atoms with Gasteiger partial charge in [0.25, 0.3) is 0 Å². The number of rotatable bonds is 3. The number of halogens is 3. The van der Waals surface area contributed by atoms with Crippen LogP contribution in [0.25, 0.3) is 10.1 Å². The SMILES string of the molecule is CCSc1c(F)c(F)c2c(=O)c(C(=O)O)csc2c1F. The van der Waals surface area contributed by atoms with Crippen molar-refractivity contribution in [1.29, 1.82) is 0 Å². The summed E-state index contributed by atoms with van der Waals surface area (Å²) in [5.41, 5.74) is -1.94. The summed E-state index contributed by atoms with van der Waals surface area (Å²) in [6.07, 6.45) is 0. The lowest BCUT2D eigenvalue weighted by Crippen LogP contribution is -2.16. The fourth-order valence-corrected chi connectivity index (χ4v) is 3.40. The maximum Gasteiger partial charge on any atom is 0.340 e. The van der Waals surface area contributed by atoms with E-state index in [4.69, 9.17) is 5.11 Å². The number of benzene rings is 1. The Morgan fingerprint density at radius 3 is 2.50 bits per heavy atom. The molecule has 0 saturated carbocycles. The first-order valence-corrected chi connectivity index (χ1v) is 7.24. The van der Waals surface area contributed by atoms with E-state index in [1.807, 2.05) is 0 Å². The Balaban J connectivity index is 2.96. The summed E-state index contributed by atoms with van der Waals surface area (Å²) in [6, 6.07) is 0. The minimum absolute atomic E-state index is 0.320. The van der Waals surface area contributed by atoms with Gasteiger partial charge >= 0.3 is 5.97 Å². The van der Waals surface area contributed by atoms with Gasteiger partial charge in [-0.3, -0.25) is 4.79 Å². The molecular formula is C12H7F3O3S2. The van der Waals surface area contributed by atoms with E-state index in [2.05, 4.69) is 0 Å². The molecule has 1 aromatic carbocycles. The first-order valence-electron chi connectivity index (χ1n) is 5.38. The Hall–Kier alpha value is -1.54. The second kappa shape index (κ2) is 5.45. The molecule has 2 aromatic rings. The van der Waals surface area contributed by atoms with Crippen molar-refractivity contribution in [3.8, 4) is 0 Å². The molecular weight excluding hydrogens is 313 g/mol. The van der Waals surface area contributed by atoms with Crippen molar-refractivity contribution in [3.63, 3.8) is 0 Å². The highest BCUT2D eigenvalue weighted by atomic mass is 32.2. The van der Waals surface area contributed by atoms with Gasteiger partial charge in [0.1, 0.15) is 5.56 Å². The van der Waals surface area contributed by atoms with Crippen molar-refractivity contribution >= 4 is 39.2 Å². The number of thioether (sulfide) groups is 1. The Morgan fingerprint density at radius 1 is 1.30 bits per heavy atom. The summed E-state index contributed by atoms with van der Waals surface area (Å²) in [7, 11) is 0. The van der Waals surface area contributed by atoms with Crippen LogP contribution in [-0.2, 0) is 0 Å². The number of carboxylic acids is 1. The van der Waals surface area contributed by atoms with E-state index < -0.39 is 44.7 Å². The fraction of sp³-hybridized carbons (Fsp3) is 0.167. The van der Waals surface area contributed by atoms with Crippen molar-refractivity contribution in [2.45, 2.75) is 11.8 Å². The molecule has 0 spiro atoms. The molecule has 0 radical (unpaired) electrons. The molecule has 20 heavy (non-hydrogen) atoms. The molecule has 1 aromatic heterocycles. The number of carbonyl (C=O) groups is 1. The van der Waals surface area contributed by atoms with Crippen LogP contribution in [0.1, 0.15) is 17.3 Å². The number of hydrogen-bond donors (Lipinski definition) is 1. The van der Waals surface area contributed by atoms with Gasteiger partial charge in [-0.25, -0.2) is 18.0 Å². The Labute approximate surface area is 119 Å². The van der Waals surface area contributed by atoms with Crippen molar-refractivity contribution in [2.24, 2.45) is 0 Å². The average Bonchev–Trinajstić information content (AvgIpc) is 2.40. The zero-order valence-electron chi connectivity index (χ0n) is 10.00. The van der Waals surface area contributed by atoms with Gasteiger partial charge in [-0.05, 0) is 5.75 Å². The van der Waals surface area contributed by atoms with E-state index >= 15 is 0 Å². The van der Waals surface area contributed by atoms with E-state index in [1.165, 1.54) is 0 Å². The predicted octanol–water partition coefficient (Wildman–Crippen LogP) is 3.49. The second-order valence-corrected chi connectivity index (χ2v) is 5.85. The van der Waals surface area contributed by atoms with Crippen molar-refractivity contribution in [3.05, 3.63) is 38.6 Å². The molecule has 2 rings (SSSR count). The van der Waals surface area contributed by atoms with Crippen LogP contribution in [0.15, 0.2) is 15.1 Å². The summed E-state index contributed by atoms with van der Waals surface area (Å²) in [5.74, 6) is -5.26. The van der Waals surface area contributed by atoms with Crippen LogP contribution >= 0.6 is 23.1 Å². The summed E-state index contributed by atoms with van der Waals surface area (Å²) < 4.78 is 41.4. The molecule has 0 amide bonds. The molecule has 0 aliphatic heterocycles. The monoisotopic (exact) mass is 320 g/mol. The van der Waals surface area contributed by atoms with Crippen LogP contribution in [0.5, 0.6) is 0 Å². The van der Waals surface area contributed by atoms with Gasteiger partial charge in [0, 0.05) is 5.38 Å². The molecule has 8 heteroatoms. The molecule has 0 atom stereocenters. The van der Waals surface area contributed by atoms with Crippen molar-refractivity contribution < 1.29 is 23.1 Å². The van der Waals surface area contributed by atoms with Crippen molar-refractivity contribution in [2.75, 3.05) is 5.75 Å². The van der Waals surface area contributed by atoms with Gasteiger partial charge in [0.2, 0.25) is 5.43 Å². The number of aromatic carboxylic acids is 1. The summed E-state index contributed by atoms with van der Waals surface area (Å²) >= 11 is 1.33. The van der Waals surface area contributed by atoms with E-state index in [0.717, 1.165) is 17.1 Å². The third-order valence-electron chi connectivity index (χ3n) is 2.52. The van der Waals surface area contributed by atoms with Crippen LogP contribution in [0, 0.1) is 17.5 Å². The van der Waals surface area contributed by atoms with Gasteiger partial charge in [0.15, 0.2) is 17.5 Å². The maximum absolute atomic E-state index is 14.1. The minimum Gasteiger partial charge on any atom is -0.478 e. The fourth-order valence-electron chi connectivity index (χ4n) is 1.66. The Bertz CT molecular complexity index is 771. The van der Waals surface area contributed by atoms with Crippen molar-refractivity contribution in [1.82, 2.24) is 0 Å². The molecule has 0 aliphatic carbocycles. The molecule has 0 bridgehead atoms.